The topological polar surface area (TPSA) is 38.3 Å². The number of hydrogen-bond donors (Lipinski definition) is 1. The molecule has 0 fully saturated rings. The Morgan fingerprint density at radius 3 is 2.78 bits per heavy atom. The van der Waals surface area contributed by atoms with Crippen LogP contribution in [0.5, 0.6) is 5.88 Å². The van der Waals surface area contributed by atoms with Gasteiger partial charge >= 0.3 is 0 Å². The molecule has 0 aliphatic heterocycles. The van der Waals surface area contributed by atoms with E-state index in [0.717, 1.165) is 6.26 Å². The maximum Gasteiger partial charge on any atom is 0.275 e. The summed E-state index contributed by atoms with van der Waals surface area (Å²) in [7, 11) is 0. The molecule has 0 aromatic carbocycles. The van der Waals surface area contributed by atoms with Gasteiger partial charge in [-0.25, -0.2) is 4.57 Å². The van der Waals surface area contributed by atoms with E-state index in [1.807, 2.05) is 0 Å². The molecule has 1 heterocycles. The van der Waals surface area contributed by atoms with E-state index >= 15 is 0 Å². The summed E-state index contributed by atoms with van der Waals surface area (Å²) in [5.41, 5.74) is 0. The zero-order valence-electron chi connectivity index (χ0n) is 4.57. The van der Waals surface area contributed by atoms with Gasteiger partial charge in [-0.1, -0.05) is 6.58 Å². The van der Waals surface area contributed by atoms with Crippen LogP contribution in [0.1, 0.15) is 0 Å². The van der Waals surface area contributed by atoms with E-state index in [0.29, 0.717) is 0 Å². The molecule has 0 saturated carbocycles. The Kier molecular flexibility index (Phi) is 1.40. The first-order valence-electron chi connectivity index (χ1n) is 2.27. The van der Waals surface area contributed by atoms with Crippen LogP contribution in [-0.4, -0.2) is 9.67 Å². The molecule has 0 radical (unpaired) electrons. The quantitative estimate of drug-likeness (QED) is 0.607. The van der Waals surface area contributed by atoms with Gasteiger partial charge < -0.3 is 9.52 Å². The van der Waals surface area contributed by atoms with Crippen LogP contribution in [-0.2, 0) is 0 Å². The van der Waals surface area contributed by atoms with Crippen molar-refractivity contribution in [3.8, 4) is 5.88 Å². The SMILES string of the molecule is C=Cn1c(O)coc1=S. The van der Waals surface area contributed by atoms with Crippen molar-refractivity contribution in [3.63, 3.8) is 0 Å². The predicted octanol–water partition coefficient (Wildman–Crippen LogP) is 1.62. The van der Waals surface area contributed by atoms with Gasteiger partial charge in [-0.05, 0) is 12.2 Å². The largest absolute Gasteiger partial charge is 0.492 e. The highest BCUT2D eigenvalue weighted by Gasteiger charge is 1.96. The van der Waals surface area contributed by atoms with Gasteiger partial charge in [-0.3, -0.25) is 0 Å². The van der Waals surface area contributed by atoms with Crippen LogP contribution in [0.3, 0.4) is 0 Å². The number of oxazole rings is 1. The van der Waals surface area contributed by atoms with Crippen molar-refractivity contribution < 1.29 is 9.52 Å². The van der Waals surface area contributed by atoms with E-state index in [-0.39, 0.29) is 10.7 Å². The van der Waals surface area contributed by atoms with Gasteiger partial charge in [0.2, 0.25) is 5.88 Å². The molecule has 0 aliphatic carbocycles. The Morgan fingerprint density at radius 1 is 1.89 bits per heavy atom. The molecule has 1 aromatic heterocycles. The summed E-state index contributed by atoms with van der Waals surface area (Å²) in [5.74, 6) is -0.0324. The number of aromatic hydroxyl groups is 1. The van der Waals surface area contributed by atoms with Crippen LogP contribution in [0.15, 0.2) is 17.3 Å². The zero-order valence-corrected chi connectivity index (χ0v) is 5.39. The fraction of sp³-hybridized carbons (Fsp3) is 0. The standard InChI is InChI=1S/C5H5NO2S/c1-2-6-4(7)3-8-5(6)9/h2-3,7H,1H2. The summed E-state index contributed by atoms with van der Waals surface area (Å²) in [5, 5.41) is 8.86. The van der Waals surface area contributed by atoms with Crippen molar-refractivity contribution >= 4 is 18.4 Å². The summed E-state index contributed by atoms with van der Waals surface area (Å²) in [6, 6.07) is 0. The summed E-state index contributed by atoms with van der Waals surface area (Å²) in [4.78, 5) is 0.197. The molecular formula is C5H5NO2S. The third-order valence-corrected chi connectivity index (χ3v) is 1.18. The Hall–Kier alpha value is -1.03. The third kappa shape index (κ3) is 0.882. The number of aromatic nitrogens is 1. The minimum absolute atomic E-state index is 0.0324. The molecule has 9 heavy (non-hydrogen) atoms. The third-order valence-electron chi connectivity index (χ3n) is 0.891. The van der Waals surface area contributed by atoms with E-state index < -0.39 is 0 Å². The Bertz CT molecular complexity index is 273. The Balaban J connectivity index is 3.40. The number of hydrogen-bond acceptors (Lipinski definition) is 3. The molecule has 3 nitrogen and oxygen atoms in total. The normalized spacial score (nSPS) is 9.33. The maximum atomic E-state index is 8.86. The average Bonchev–Trinajstić information content (AvgIpc) is 2.12. The van der Waals surface area contributed by atoms with Gasteiger partial charge in [-0.15, -0.1) is 0 Å². The van der Waals surface area contributed by atoms with Crippen LogP contribution in [0.25, 0.3) is 6.20 Å². The fourth-order valence-electron chi connectivity index (χ4n) is 0.478. The second kappa shape index (κ2) is 2.06. The van der Waals surface area contributed by atoms with E-state index in [1.54, 1.807) is 0 Å². The molecule has 0 saturated heterocycles. The summed E-state index contributed by atoms with van der Waals surface area (Å²) < 4.78 is 5.90. The van der Waals surface area contributed by atoms with Crippen LogP contribution >= 0.6 is 12.2 Å². The highest BCUT2D eigenvalue weighted by molar-refractivity contribution is 7.71. The minimum atomic E-state index is -0.0324. The zero-order chi connectivity index (χ0) is 6.85. The van der Waals surface area contributed by atoms with Gasteiger partial charge in [0.05, 0.1) is 0 Å². The molecule has 1 aromatic rings. The van der Waals surface area contributed by atoms with Crippen LogP contribution in [0.2, 0.25) is 0 Å². The van der Waals surface area contributed by atoms with Gasteiger partial charge in [0, 0.05) is 6.20 Å². The highest BCUT2D eigenvalue weighted by Crippen LogP contribution is 2.10. The fourth-order valence-corrected chi connectivity index (χ4v) is 0.694. The molecule has 48 valence electrons. The molecule has 4 heteroatoms. The van der Waals surface area contributed by atoms with E-state index in [1.165, 1.54) is 10.8 Å². The number of rotatable bonds is 1. The van der Waals surface area contributed by atoms with E-state index in [4.69, 9.17) is 5.11 Å². The lowest BCUT2D eigenvalue weighted by Gasteiger charge is -1.87. The van der Waals surface area contributed by atoms with Crippen molar-refractivity contribution in [2.24, 2.45) is 0 Å². The van der Waals surface area contributed by atoms with Gasteiger partial charge in [0.25, 0.3) is 4.84 Å². The van der Waals surface area contributed by atoms with Crippen molar-refractivity contribution in [1.82, 2.24) is 4.57 Å². The summed E-state index contributed by atoms with van der Waals surface area (Å²) in [6.07, 6.45) is 2.53. The lowest BCUT2D eigenvalue weighted by molar-refractivity contribution is 0.441. The van der Waals surface area contributed by atoms with Crippen molar-refractivity contribution in [2.75, 3.05) is 0 Å². The average molecular weight is 143 g/mol. The molecule has 1 N–H and O–H groups in total. The molecule has 0 atom stereocenters. The number of nitrogens with zero attached hydrogens (tertiary/aromatic N) is 1. The van der Waals surface area contributed by atoms with E-state index in [2.05, 4.69) is 23.2 Å². The van der Waals surface area contributed by atoms with Crippen molar-refractivity contribution in [3.05, 3.63) is 17.7 Å². The van der Waals surface area contributed by atoms with E-state index in [9.17, 15) is 0 Å². The highest BCUT2D eigenvalue weighted by atomic mass is 32.1. The van der Waals surface area contributed by atoms with Crippen LogP contribution in [0, 0.1) is 4.84 Å². The molecule has 1 rings (SSSR count). The first kappa shape index (κ1) is 6.10. The Morgan fingerprint density at radius 2 is 2.56 bits per heavy atom. The van der Waals surface area contributed by atoms with Crippen molar-refractivity contribution in [1.29, 1.82) is 0 Å². The maximum absolute atomic E-state index is 8.86. The van der Waals surface area contributed by atoms with Crippen LogP contribution in [0.4, 0.5) is 0 Å². The van der Waals surface area contributed by atoms with Gasteiger partial charge in [-0.2, -0.15) is 0 Å². The van der Waals surface area contributed by atoms with Crippen molar-refractivity contribution in [2.45, 2.75) is 0 Å². The lowest BCUT2D eigenvalue weighted by Crippen LogP contribution is -1.80. The summed E-state index contributed by atoms with van der Waals surface area (Å²) >= 11 is 4.64. The molecule has 0 spiro atoms. The smallest absolute Gasteiger partial charge is 0.275 e. The molecule has 0 aliphatic rings. The second-order valence-electron chi connectivity index (χ2n) is 1.41. The molecule has 0 unspecified atom stereocenters. The minimum Gasteiger partial charge on any atom is -0.492 e. The molecule has 0 bridgehead atoms. The lowest BCUT2D eigenvalue weighted by atomic mass is 10.8. The first-order valence-corrected chi connectivity index (χ1v) is 2.68. The Labute approximate surface area is 56.8 Å². The molecule has 0 amide bonds. The summed E-state index contributed by atoms with van der Waals surface area (Å²) in [6.45, 7) is 3.40. The molecular weight excluding hydrogens is 138 g/mol. The van der Waals surface area contributed by atoms with Gasteiger partial charge in [0.15, 0.2) is 6.26 Å². The van der Waals surface area contributed by atoms with Gasteiger partial charge in [0.1, 0.15) is 0 Å². The predicted molar refractivity (Wildman–Crippen MR) is 35.6 cm³/mol. The second-order valence-corrected chi connectivity index (χ2v) is 1.76. The first-order chi connectivity index (χ1) is 4.25. The monoisotopic (exact) mass is 143 g/mol. The van der Waals surface area contributed by atoms with Crippen LogP contribution < -0.4 is 0 Å².